The Morgan fingerprint density at radius 2 is 2.19 bits per heavy atom. The molecule has 0 saturated heterocycles. The first kappa shape index (κ1) is 13.9. The van der Waals surface area contributed by atoms with E-state index in [0.717, 1.165) is 35.9 Å². The summed E-state index contributed by atoms with van der Waals surface area (Å²) in [6.07, 6.45) is 5.45. The molecule has 5 heteroatoms. The van der Waals surface area contributed by atoms with Crippen molar-refractivity contribution in [1.82, 2.24) is 15.6 Å². The van der Waals surface area contributed by atoms with Crippen LogP contribution in [0.15, 0.2) is 22.6 Å². The minimum Gasteiger partial charge on any atom is -0.441 e. The average molecular weight is 287 g/mol. The van der Waals surface area contributed by atoms with Gasteiger partial charge in [0.2, 0.25) is 0 Å². The van der Waals surface area contributed by atoms with E-state index in [-0.39, 0.29) is 6.03 Å². The summed E-state index contributed by atoms with van der Waals surface area (Å²) in [4.78, 5) is 16.1. The second kappa shape index (κ2) is 6.16. The SMILES string of the molecule is Cc1nc2cc(CCNC(=O)NC3CCCC3)ccc2o1. The van der Waals surface area contributed by atoms with E-state index in [0.29, 0.717) is 18.5 Å². The van der Waals surface area contributed by atoms with Crippen LogP contribution in [-0.4, -0.2) is 23.6 Å². The van der Waals surface area contributed by atoms with Gasteiger partial charge in [-0.25, -0.2) is 9.78 Å². The molecular formula is C16H21N3O2. The van der Waals surface area contributed by atoms with Gasteiger partial charge in [0.25, 0.3) is 0 Å². The number of rotatable bonds is 4. The third-order valence-corrected chi connectivity index (χ3v) is 3.95. The number of aryl methyl sites for hydroxylation is 1. The van der Waals surface area contributed by atoms with Gasteiger partial charge in [-0.1, -0.05) is 18.9 Å². The first-order valence-corrected chi connectivity index (χ1v) is 7.61. The molecule has 0 aliphatic heterocycles. The summed E-state index contributed by atoms with van der Waals surface area (Å²) >= 11 is 0. The number of hydrogen-bond acceptors (Lipinski definition) is 3. The van der Waals surface area contributed by atoms with Gasteiger partial charge in [-0.05, 0) is 37.0 Å². The fraction of sp³-hybridized carbons (Fsp3) is 0.500. The number of oxazole rings is 1. The van der Waals surface area contributed by atoms with E-state index in [1.54, 1.807) is 0 Å². The normalized spacial score (nSPS) is 15.5. The van der Waals surface area contributed by atoms with Crippen LogP contribution < -0.4 is 10.6 Å². The molecule has 5 nitrogen and oxygen atoms in total. The Kier molecular flexibility index (Phi) is 4.08. The van der Waals surface area contributed by atoms with Crippen molar-refractivity contribution in [2.45, 2.75) is 45.1 Å². The molecular weight excluding hydrogens is 266 g/mol. The number of carbonyl (C=O) groups excluding carboxylic acids is 1. The maximum atomic E-state index is 11.8. The third-order valence-electron chi connectivity index (χ3n) is 3.95. The van der Waals surface area contributed by atoms with Gasteiger partial charge in [0, 0.05) is 19.5 Å². The van der Waals surface area contributed by atoms with Gasteiger partial charge in [0.1, 0.15) is 5.52 Å². The van der Waals surface area contributed by atoms with Gasteiger partial charge in [-0.15, -0.1) is 0 Å². The van der Waals surface area contributed by atoms with E-state index in [9.17, 15) is 4.79 Å². The summed E-state index contributed by atoms with van der Waals surface area (Å²) in [7, 11) is 0. The number of urea groups is 1. The molecule has 0 atom stereocenters. The van der Waals surface area contributed by atoms with Crippen LogP contribution in [0.2, 0.25) is 0 Å². The second-order valence-electron chi connectivity index (χ2n) is 5.67. The van der Waals surface area contributed by atoms with Crippen molar-refractivity contribution in [1.29, 1.82) is 0 Å². The highest BCUT2D eigenvalue weighted by atomic mass is 16.3. The number of amides is 2. The maximum absolute atomic E-state index is 11.8. The molecule has 112 valence electrons. The average Bonchev–Trinajstić information content (AvgIpc) is 3.06. The topological polar surface area (TPSA) is 67.2 Å². The van der Waals surface area contributed by atoms with E-state index in [1.165, 1.54) is 12.8 Å². The molecule has 1 heterocycles. The zero-order chi connectivity index (χ0) is 14.7. The van der Waals surface area contributed by atoms with Crippen molar-refractivity contribution in [2.24, 2.45) is 0 Å². The summed E-state index contributed by atoms with van der Waals surface area (Å²) in [6, 6.07) is 6.27. The first-order chi connectivity index (χ1) is 10.2. The lowest BCUT2D eigenvalue weighted by molar-refractivity contribution is 0.237. The largest absolute Gasteiger partial charge is 0.441 e. The molecule has 1 aliphatic rings. The van der Waals surface area contributed by atoms with E-state index in [4.69, 9.17) is 4.42 Å². The Labute approximate surface area is 124 Å². The minimum absolute atomic E-state index is 0.0553. The Morgan fingerprint density at radius 1 is 1.38 bits per heavy atom. The molecule has 1 fully saturated rings. The Hall–Kier alpha value is -2.04. The summed E-state index contributed by atoms with van der Waals surface area (Å²) in [5.74, 6) is 0.677. The van der Waals surface area contributed by atoms with Crippen LogP contribution in [0.1, 0.15) is 37.1 Å². The monoisotopic (exact) mass is 287 g/mol. The zero-order valence-corrected chi connectivity index (χ0v) is 12.3. The highest BCUT2D eigenvalue weighted by molar-refractivity contribution is 5.74. The lowest BCUT2D eigenvalue weighted by Gasteiger charge is -2.12. The van der Waals surface area contributed by atoms with Crippen LogP contribution in [0, 0.1) is 6.92 Å². The minimum atomic E-state index is -0.0553. The van der Waals surface area contributed by atoms with Gasteiger partial charge in [-0.3, -0.25) is 0 Å². The Morgan fingerprint density at radius 3 is 3.00 bits per heavy atom. The molecule has 1 aliphatic carbocycles. The molecule has 2 N–H and O–H groups in total. The summed E-state index contributed by atoms with van der Waals surface area (Å²) < 4.78 is 5.45. The van der Waals surface area contributed by atoms with E-state index < -0.39 is 0 Å². The van der Waals surface area contributed by atoms with Gasteiger partial charge in [-0.2, -0.15) is 0 Å². The molecule has 1 aromatic heterocycles. The molecule has 2 amide bonds. The van der Waals surface area contributed by atoms with E-state index in [2.05, 4.69) is 15.6 Å². The van der Waals surface area contributed by atoms with Crippen molar-refractivity contribution >= 4 is 17.1 Å². The van der Waals surface area contributed by atoms with Crippen molar-refractivity contribution < 1.29 is 9.21 Å². The molecule has 0 bridgehead atoms. The Bertz CT molecular complexity index is 629. The summed E-state index contributed by atoms with van der Waals surface area (Å²) in [6.45, 7) is 2.47. The maximum Gasteiger partial charge on any atom is 0.315 e. The van der Waals surface area contributed by atoms with Crippen LogP contribution in [0.25, 0.3) is 11.1 Å². The number of fused-ring (bicyclic) bond motifs is 1. The van der Waals surface area contributed by atoms with Crippen LogP contribution in [0.3, 0.4) is 0 Å². The van der Waals surface area contributed by atoms with Crippen LogP contribution >= 0.6 is 0 Å². The number of carbonyl (C=O) groups is 1. The van der Waals surface area contributed by atoms with Gasteiger partial charge in [0.05, 0.1) is 0 Å². The Balaban J connectivity index is 1.48. The third kappa shape index (κ3) is 3.54. The smallest absolute Gasteiger partial charge is 0.315 e. The quantitative estimate of drug-likeness (QED) is 0.908. The zero-order valence-electron chi connectivity index (χ0n) is 12.3. The number of benzene rings is 1. The lowest BCUT2D eigenvalue weighted by atomic mass is 10.1. The molecule has 0 unspecified atom stereocenters. The highest BCUT2D eigenvalue weighted by Crippen LogP contribution is 2.18. The predicted molar refractivity (Wildman–Crippen MR) is 81.2 cm³/mol. The van der Waals surface area contributed by atoms with Crippen LogP contribution in [-0.2, 0) is 6.42 Å². The standard InChI is InChI=1S/C16H21N3O2/c1-11-18-14-10-12(6-7-15(14)21-11)8-9-17-16(20)19-13-4-2-3-5-13/h6-7,10,13H,2-5,8-9H2,1H3,(H2,17,19,20). The molecule has 21 heavy (non-hydrogen) atoms. The van der Waals surface area contributed by atoms with Crippen LogP contribution in [0.4, 0.5) is 4.79 Å². The number of aromatic nitrogens is 1. The molecule has 2 aromatic rings. The van der Waals surface area contributed by atoms with E-state index >= 15 is 0 Å². The van der Waals surface area contributed by atoms with Crippen LogP contribution in [0.5, 0.6) is 0 Å². The second-order valence-corrected chi connectivity index (χ2v) is 5.67. The fourth-order valence-corrected chi connectivity index (χ4v) is 2.87. The number of nitrogens with zero attached hydrogens (tertiary/aromatic N) is 1. The molecule has 1 aromatic carbocycles. The molecule has 0 radical (unpaired) electrons. The van der Waals surface area contributed by atoms with Crippen molar-refractivity contribution in [3.63, 3.8) is 0 Å². The van der Waals surface area contributed by atoms with Gasteiger partial charge >= 0.3 is 6.03 Å². The molecule has 0 spiro atoms. The predicted octanol–water partition coefficient (Wildman–Crippen LogP) is 2.92. The van der Waals surface area contributed by atoms with Gasteiger partial charge in [0.15, 0.2) is 11.5 Å². The fourth-order valence-electron chi connectivity index (χ4n) is 2.87. The lowest BCUT2D eigenvalue weighted by Crippen LogP contribution is -2.41. The van der Waals surface area contributed by atoms with E-state index in [1.807, 2.05) is 25.1 Å². The molecule has 3 rings (SSSR count). The number of nitrogens with one attached hydrogen (secondary N) is 2. The van der Waals surface area contributed by atoms with Gasteiger partial charge < -0.3 is 15.1 Å². The summed E-state index contributed by atoms with van der Waals surface area (Å²) in [5.41, 5.74) is 2.83. The first-order valence-electron chi connectivity index (χ1n) is 7.61. The number of hydrogen-bond donors (Lipinski definition) is 2. The summed E-state index contributed by atoms with van der Waals surface area (Å²) in [5, 5.41) is 5.94. The van der Waals surface area contributed by atoms with Crippen molar-refractivity contribution in [3.05, 3.63) is 29.7 Å². The highest BCUT2D eigenvalue weighted by Gasteiger charge is 2.16. The molecule has 1 saturated carbocycles. The van der Waals surface area contributed by atoms with Crippen molar-refractivity contribution in [2.75, 3.05) is 6.54 Å². The van der Waals surface area contributed by atoms with Crippen molar-refractivity contribution in [3.8, 4) is 0 Å².